The van der Waals surface area contributed by atoms with Gasteiger partial charge in [0.25, 0.3) is 0 Å². The molecule has 2 rings (SSSR count). The molecular weight excluding hydrogens is 343 g/mol. The molecule has 0 aliphatic rings. The summed E-state index contributed by atoms with van der Waals surface area (Å²) in [6.45, 7) is 1.90. The molecule has 0 atom stereocenters. The SMILES string of the molecule is Cc1nc(NC(=O)/C=C/c2ccco2)ccc1I. The van der Waals surface area contributed by atoms with Gasteiger partial charge in [-0.2, -0.15) is 0 Å². The summed E-state index contributed by atoms with van der Waals surface area (Å²) >= 11 is 2.20. The maximum absolute atomic E-state index is 11.6. The number of rotatable bonds is 3. The third-order valence-corrected chi connectivity index (χ3v) is 3.35. The number of aryl methyl sites for hydroxylation is 1. The highest BCUT2D eigenvalue weighted by Crippen LogP contribution is 2.12. The van der Waals surface area contributed by atoms with E-state index in [2.05, 4.69) is 32.9 Å². The Morgan fingerprint density at radius 3 is 2.94 bits per heavy atom. The Hall–Kier alpha value is -1.63. The number of anilines is 1. The van der Waals surface area contributed by atoms with Crippen molar-refractivity contribution in [2.24, 2.45) is 0 Å². The highest BCUT2D eigenvalue weighted by molar-refractivity contribution is 14.1. The summed E-state index contributed by atoms with van der Waals surface area (Å²) in [6, 6.07) is 7.22. The van der Waals surface area contributed by atoms with Gasteiger partial charge in [-0.15, -0.1) is 0 Å². The lowest BCUT2D eigenvalue weighted by Crippen LogP contribution is -2.09. The topological polar surface area (TPSA) is 55.1 Å². The molecule has 5 heteroatoms. The standard InChI is InChI=1S/C13H11IN2O2/c1-9-11(14)5-6-12(15-9)16-13(17)7-4-10-3-2-8-18-10/h2-8H,1H3,(H,15,16,17)/b7-4+. The second kappa shape index (κ2) is 5.81. The van der Waals surface area contributed by atoms with E-state index < -0.39 is 0 Å². The number of pyridine rings is 1. The molecule has 92 valence electrons. The predicted molar refractivity (Wildman–Crippen MR) is 78.1 cm³/mol. The van der Waals surface area contributed by atoms with Gasteiger partial charge in [-0.25, -0.2) is 4.98 Å². The first-order chi connectivity index (χ1) is 8.65. The Morgan fingerprint density at radius 1 is 1.44 bits per heavy atom. The van der Waals surface area contributed by atoms with Crippen LogP contribution in [0, 0.1) is 10.5 Å². The lowest BCUT2D eigenvalue weighted by molar-refractivity contribution is -0.111. The maximum atomic E-state index is 11.6. The molecule has 1 amide bonds. The molecule has 2 heterocycles. The second-order valence-electron chi connectivity index (χ2n) is 3.60. The van der Waals surface area contributed by atoms with Crippen LogP contribution in [-0.4, -0.2) is 10.9 Å². The Morgan fingerprint density at radius 2 is 2.28 bits per heavy atom. The molecule has 0 saturated heterocycles. The third-order valence-electron chi connectivity index (χ3n) is 2.21. The first-order valence-corrected chi connectivity index (χ1v) is 6.39. The van der Waals surface area contributed by atoms with Gasteiger partial charge in [0, 0.05) is 9.65 Å². The first-order valence-electron chi connectivity index (χ1n) is 5.31. The highest BCUT2D eigenvalue weighted by Gasteiger charge is 2.02. The van der Waals surface area contributed by atoms with Gasteiger partial charge in [-0.05, 0) is 59.9 Å². The van der Waals surface area contributed by atoms with Gasteiger partial charge >= 0.3 is 0 Å². The summed E-state index contributed by atoms with van der Waals surface area (Å²) in [6.07, 6.45) is 4.57. The lowest BCUT2D eigenvalue weighted by atomic mass is 10.3. The van der Waals surface area contributed by atoms with Crippen molar-refractivity contribution in [3.05, 3.63) is 51.6 Å². The predicted octanol–water partition coefficient (Wildman–Crippen LogP) is 3.24. The van der Waals surface area contributed by atoms with Gasteiger partial charge in [-0.1, -0.05) is 0 Å². The molecule has 0 aromatic carbocycles. The molecule has 1 N–H and O–H groups in total. The molecule has 0 bridgehead atoms. The molecule has 0 spiro atoms. The average molecular weight is 354 g/mol. The van der Waals surface area contributed by atoms with E-state index in [1.165, 1.54) is 6.08 Å². The van der Waals surface area contributed by atoms with Gasteiger partial charge in [-0.3, -0.25) is 4.79 Å². The van der Waals surface area contributed by atoms with Crippen molar-refractivity contribution in [2.45, 2.75) is 6.92 Å². The Kier molecular flexibility index (Phi) is 4.14. The van der Waals surface area contributed by atoms with E-state index in [9.17, 15) is 4.79 Å². The van der Waals surface area contributed by atoms with Crippen LogP contribution in [0.15, 0.2) is 41.0 Å². The molecule has 0 unspecified atom stereocenters. The normalized spacial score (nSPS) is 10.8. The number of carbonyl (C=O) groups excluding carboxylic acids is 1. The minimum Gasteiger partial charge on any atom is -0.465 e. The number of carbonyl (C=O) groups is 1. The van der Waals surface area contributed by atoms with Crippen LogP contribution in [0.3, 0.4) is 0 Å². The summed E-state index contributed by atoms with van der Waals surface area (Å²) in [5, 5.41) is 2.69. The molecule has 18 heavy (non-hydrogen) atoms. The van der Waals surface area contributed by atoms with E-state index in [0.717, 1.165) is 9.26 Å². The molecular formula is C13H11IN2O2. The van der Waals surface area contributed by atoms with E-state index in [4.69, 9.17) is 4.42 Å². The van der Waals surface area contributed by atoms with Gasteiger partial charge in [0.2, 0.25) is 5.91 Å². The van der Waals surface area contributed by atoms with Crippen molar-refractivity contribution in [3.8, 4) is 0 Å². The van der Waals surface area contributed by atoms with Crippen molar-refractivity contribution in [2.75, 3.05) is 5.32 Å². The largest absolute Gasteiger partial charge is 0.465 e. The molecule has 4 nitrogen and oxygen atoms in total. The smallest absolute Gasteiger partial charge is 0.249 e. The van der Waals surface area contributed by atoms with Crippen molar-refractivity contribution < 1.29 is 9.21 Å². The summed E-state index contributed by atoms with van der Waals surface area (Å²) in [4.78, 5) is 15.9. The van der Waals surface area contributed by atoms with Crippen LogP contribution < -0.4 is 5.32 Å². The van der Waals surface area contributed by atoms with E-state index in [1.54, 1.807) is 30.5 Å². The van der Waals surface area contributed by atoms with Crippen LogP contribution in [0.1, 0.15) is 11.5 Å². The Bertz CT molecular complexity index is 577. The van der Waals surface area contributed by atoms with Crippen LogP contribution in [0.2, 0.25) is 0 Å². The number of aromatic nitrogens is 1. The van der Waals surface area contributed by atoms with Gasteiger partial charge in [0.1, 0.15) is 11.6 Å². The van der Waals surface area contributed by atoms with Crippen LogP contribution in [-0.2, 0) is 4.79 Å². The van der Waals surface area contributed by atoms with E-state index in [0.29, 0.717) is 11.6 Å². The van der Waals surface area contributed by atoms with Gasteiger partial charge < -0.3 is 9.73 Å². The number of nitrogens with zero attached hydrogens (tertiary/aromatic N) is 1. The monoisotopic (exact) mass is 354 g/mol. The minimum absolute atomic E-state index is 0.237. The zero-order valence-corrected chi connectivity index (χ0v) is 11.8. The highest BCUT2D eigenvalue weighted by atomic mass is 127. The Balaban J connectivity index is 2.01. The van der Waals surface area contributed by atoms with Crippen LogP contribution in [0.25, 0.3) is 6.08 Å². The number of hydrogen-bond acceptors (Lipinski definition) is 3. The fourth-order valence-electron chi connectivity index (χ4n) is 1.33. The molecule has 0 radical (unpaired) electrons. The molecule has 0 fully saturated rings. The third kappa shape index (κ3) is 3.43. The summed E-state index contributed by atoms with van der Waals surface area (Å²) < 4.78 is 6.15. The minimum atomic E-state index is -0.237. The summed E-state index contributed by atoms with van der Waals surface area (Å²) in [5.74, 6) is 0.943. The fraction of sp³-hybridized carbons (Fsp3) is 0.0769. The van der Waals surface area contributed by atoms with Gasteiger partial charge in [0.05, 0.1) is 12.0 Å². The average Bonchev–Trinajstić information content (AvgIpc) is 2.84. The van der Waals surface area contributed by atoms with Crippen molar-refractivity contribution in [1.82, 2.24) is 4.98 Å². The number of furan rings is 1. The van der Waals surface area contributed by atoms with Gasteiger partial charge in [0.15, 0.2) is 0 Å². The Labute approximate surface area is 118 Å². The molecule has 2 aromatic heterocycles. The lowest BCUT2D eigenvalue weighted by Gasteiger charge is -2.03. The molecule has 0 saturated carbocycles. The van der Waals surface area contributed by atoms with E-state index in [1.807, 2.05) is 13.0 Å². The number of halogens is 1. The van der Waals surface area contributed by atoms with Crippen molar-refractivity contribution in [3.63, 3.8) is 0 Å². The number of nitrogens with one attached hydrogen (secondary N) is 1. The number of hydrogen-bond donors (Lipinski definition) is 1. The maximum Gasteiger partial charge on any atom is 0.249 e. The van der Waals surface area contributed by atoms with Crippen molar-refractivity contribution >= 4 is 40.4 Å². The zero-order chi connectivity index (χ0) is 13.0. The summed E-state index contributed by atoms with van der Waals surface area (Å²) in [7, 11) is 0. The summed E-state index contributed by atoms with van der Waals surface area (Å²) in [5.41, 5.74) is 0.892. The van der Waals surface area contributed by atoms with E-state index in [-0.39, 0.29) is 5.91 Å². The fourth-order valence-corrected chi connectivity index (χ4v) is 1.63. The molecule has 0 aliphatic heterocycles. The van der Waals surface area contributed by atoms with E-state index >= 15 is 0 Å². The van der Waals surface area contributed by atoms with Crippen molar-refractivity contribution in [1.29, 1.82) is 0 Å². The zero-order valence-electron chi connectivity index (χ0n) is 9.68. The molecule has 0 aliphatic carbocycles. The molecule has 2 aromatic rings. The van der Waals surface area contributed by atoms with Crippen LogP contribution in [0.4, 0.5) is 5.82 Å². The first kappa shape index (κ1) is 12.8. The van der Waals surface area contributed by atoms with Crippen LogP contribution in [0.5, 0.6) is 0 Å². The van der Waals surface area contributed by atoms with Crippen LogP contribution >= 0.6 is 22.6 Å². The second-order valence-corrected chi connectivity index (χ2v) is 4.76. The number of amides is 1. The quantitative estimate of drug-likeness (QED) is 0.680.